The molecule has 2 heterocycles. The first-order chi connectivity index (χ1) is 17.8. The maximum atomic E-state index is 13.6. The number of ether oxygens (including phenoxy) is 3. The molecular weight excluding hydrogens is 496 g/mol. The first kappa shape index (κ1) is 24.6. The number of hydrogen-bond acceptors (Lipinski definition) is 7. The van der Waals surface area contributed by atoms with Crippen molar-refractivity contribution in [1.82, 2.24) is 4.90 Å². The van der Waals surface area contributed by atoms with E-state index >= 15 is 0 Å². The molecule has 0 N–H and O–H groups in total. The molecule has 0 radical (unpaired) electrons. The monoisotopic (exact) mass is 522 g/mol. The Kier molecular flexibility index (Phi) is 6.75. The zero-order valence-corrected chi connectivity index (χ0v) is 21.1. The first-order valence-electron chi connectivity index (χ1n) is 11.8. The summed E-state index contributed by atoms with van der Waals surface area (Å²) in [6.07, 6.45) is 0. The summed E-state index contributed by atoms with van der Waals surface area (Å²) in [6, 6.07) is 19.9. The number of hydrogen-bond donors (Lipinski definition) is 0. The van der Waals surface area contributed by atoms with Crippen LogP contribution in [0.25, 0.3) is 11.1 Å². The zero-order valence-electron chi connectivity index (χ0n) is 20.3. The van der Waals surface area contributed by atoms with Gasteiger partial charge in [-0.25, -0.2) is 18.0 Å². The molecule has 0 unspecified atom stereocenters. The van der Waals surface area contributed by atoms with Crippen LogP contribution in [0.5, 0.6) is 11.5 Å². The van der Waals surface area contributed by atoms with Gasteiger partial charge in [0.05, 0.1) is 30.7 Å². The third-order valence-corrected chi connectivity index (χ3v) is 8.06. The van der Waals surface area contributed by atoms with Gasteiger partial charge in [-0.1, -0.05) is 30.3 Å². The van der Waals surface area contributed by atoms with Gasteiger partial charge >= 0.3 is 12.0 Å². The molecule has 192 valence electrons. The number of methoxy groups -OCH3 is 1. The number of benzene rings is 3. The second kappa shape index (κ2) is 10.1. The summed E-state index contributed by atoms with van der Waals surface area (Å²) in [6.45, 7) is 0.739. The molecule has 0 spiro atoms. The van der Waals surface area contributed by atoms with Crippen molar-refractivity contribution in [3.8, 4) is 22.6 Å². The van der Waals surface area contributed by atoms with E-state index in [1.54, 1.807) is 34.1 Å². The molecule has 0 atom stereocenters. The molecule has 0 bridgehead atoms. The second-order valence-electron chi connectivity index (χ2n) is 8.81. The predicted molar refractivity (Wildman–Crippen MR) is 138 cm³/mol. The number of rotatable bonds is 5. The van der Waals surface area contributed by atoms with Gasteiger partial charge in [-0.15, -0.1) is 0 Å². The Balaban J connectivity index is 1.41. The van der Waals surface area contributed by atoms with Crippen molar-refractivity contribution in [2.75, 3.05) is 43.4 Å². The molecule has 9 nitrogen and oxygen atoms in total. The Morgan fingerprint density at radius 2 is 1.54 bits per heavy atom. The molecule has 2 aliphatic rings. The normalized spacial score (nSPS) is 15.8. The number of fused-ring (bicyclic) bond motifs is 1. The predicted octanol–water partition coefficient (Wildman–Crippen LogP) is 3.73. The highest BCUT2D eigenvalue weighted by Crippen LogP contribution is 2.36. The van der Waals surface area contributed by atoms with Crippen molar-refractivity contribution >= 4 is 27.5 Å². The molecule has 1 saturated heterocycles. The SMILES string of the molecule is COC(=O)c1ccc(CN(C(=O)N2CCS(=O)(=O)CC2)c2ccc(-c3ccc4c(c3)OCO4)cc2)cc1. The summed E-state index contributed by atoms with van der Waals surface area (Å²) in [5.41, 5.74) is 3.79. The van der Waals surface area contributed by atoms with Crippen molar-refractivity contribution < 1.29 is 32.2 Å². The average molecular weight is 523 g/mol. The fraction of sp³-hybridized carbons (Fsp3) is 0.259. The van der Waals surface area contributed by atoms with E-state index in [2.05, 4.69) is 0 Å². The lowest BCUT2D eigenvalue weighted by Gasteiger charge is -2.33. The minimum Gasteiger partial charge on any atom is -0.465 e. The van der Waals surface area contributed by atoms with Crippen LogP contribution >= 0.6 is 0 Å². The average Bonchev–Trinajstić information content (AvgIpc) is 3.39. The largest absolute Gasteiger partial charge is 0.465 e. The van der Waals surface area contributed by atoms with Crippen LogP contribution in [-0.2, 0) is 21.1 Å². The highest BCUT2D eigenvalue weighted by Gasteiger charge is 2.29. The van der Waals surface area contributed by atoms with Gasteiger partial charge in [-0.2, -0.15) is 0 Å². The molecule has 10 heteroatoms. The number of nitrogens with zero attached hydrogens (tertiary/aromatic N) is 2. The molecule has 0 aromatic heterocycles. The summed E-state index contributed by atoms with van der Waals surface area (Å²) < 4.78 is 39.4. The molecule has 37 heavy (non-hydrogen) atoms. The molecule has 3 aromatic carbocycles. The Bertz CT molecular complexity index is 1410. The van der Waals surface area contributed by atoms with Crippen molar-refractivity contribution in [3.63, 3.8) is 0 Å². The summed E-state index contributed by atoms with van der Waals surface area (Å²) in [5.74, 6) is 0.855. The maximum absolute atomic E-state index is 13.6. The Hall–Kier alpha value is -4.05. The van der Waals surface area contributed by atoms with Gasteiger partial charge in [-0.3, -0.25) is 4.90 Å². The topological polar surface area (TPSA) is 102 Å². The summed E-state index contributed by atoms with van der Waals surface area (Å²) in [4.78, 5) is 28.5. The fourth-order valence-electron chi connectivity index (χ4n) is 4.30. The fourth-order valence-corrected chi connectivity index (χ4v) is 5.50. The standard InChI is InChI=1S/C27H26N2O7S/c1-34-26(30)21-4-2-19(3-5-21)17-29(27(31)28-12-14-37(32,33)15-13-28)23-9-6-20(7-10-23)22-8-11-24-25(16-22)36-18-35-24/h2-11,16H,12-15,17-18H2,1H3. The van der Waals surface area contributed by atoms with Crippen LogP contribution < -0.4 is 14.4 Å². The molecule has 0 aliphatic carbocycles. The summed E-state index contributed by atoms with van der Waals surface area (Å²) >= 11 is 0. The minimum absolute atomic E-state index is 0.0521. The maximum Gasteiger partial charge on any atom is 0.337 e. The van der Waals surface area contributed by atoms with Gasteiger partial charge in [0.25, 0.3) is 0 Å². The molecule has 2 amide bonds. The lowest BCUT2D eigenvalue weighted by Crippen LogP contribution is -2.49. The van der Waals surface area contributed by atoms with Crippen LogP contribution in [-0.4, -0.2) is 63.8 Å². The number of amides is 2. The van der Waals surface area contributed by atoms with Gasteiger partial charge in [0.2, 0.25) is 6.79 Å². The molecule has 2 aliphatic heterocycles. The van der Waals surface area contributed by atoms with E-state index in [-0.39, 0.29) is 44.0 Å². The van der Waals surface area contributed by atoms with Gasteiger partial charge in [0.1, 0.15) is 0 Å². The van der Waals surface area contributed by atoms with Crippen LogP contribution in [0, 0.1) is 0 Å². The molecule has 1 fully saturated rings. The van der Waals surface area contributed by atoms with Crippen LogP contribution in [0.1, 0.15) is 15.9 Å². The molecular formula is C27H26N2O7S. The lowest BCUT2D eigenvalue weighted by atomic mass is 10.0. The van der Waals surface area contributed by atoms with Gasteiger partial charge in [-0.05, 0) is 53.1 Å². The van der Waals surface area contributed by atoms with Gasteiger partial charge in [0.15, 0.2) is 21.3 Å². The van der Waals surface area contributed by atoms with Crippen LogP contribution in [0.15, 0.2) is 66.7 Å². The van der Waals surface area contributed by atoms with Crippen molar-refractivity contribution in [1.29, 1.82) is 0 Å². The number of urea groups is 1. The number of esters is 1. The first-order valence-corrected chi connectivity index (χ1v) is 13.6. The Labute approximate surface area is 215 Å². The number of carbonyl (C=O) groups is 2. The van der Waals surface area contributed by atoms with Crippen LogP contribution in [0.3, 0.4) is 0 Å². The highest BCUT2D eigenvalue weighted by atomic mass is 32.2. The lowest BCUT2D eigenvalue weighted by molar-refractivity contribution is 0.0600. The number of anilines is 1. The van der Waals surface area contributed by atoms with E-state index < -0.39 is 15.8 Å². The highest BCUT2D eigenvalue weighted by molar-refractivity contribution is 7.91. The van der Waals surface area contributed by atoms with Crippen LogP contribution in [0.2, 0.25) is 0 Å². The van der Waals surface area contributed by atoms with E-state index in [0.29, 0.717) is 22.7 Å². The quantitative estimate of drug-likeness (QED) is 0.471. The van der Waals surface area contributed by atoms with Crippen molar-refractivity contribution in [3.05, 3.63) is 77.9 Å². The van der Waals surface area contributed by atoms with E-state index in [4.69, 9.17) is 14.2 Å². The van der Waals surface area contributed by atoms with E-state index in [9.17, 15) is 18.0 Å². The summed E-state index contributed by atoms with van der Waals surface area (Å²) in [5, 5.41) is 0. The van der Waals surface area contributed by atoms with Crippen molar-refractivity contribution in [2.24, 2.45) is 0 Å². The second-order valence-corrected chi connectivity index (χ2v) is 11.1. The Morgan fingerprint density at radius 1 is 0.892 bits per heavy atom. The molecule has 0 saturated carbocycles. The number of sulfone groups is 1. The molecule has 3 aromatic rings. The Morgan fingerprint density at radius 3 is 2.22 bits per heavy atom. The number of carbonyl (C=O) groups excluding carboxylic acids is 2. The van der Waals surface area contributed by atoms with Gasteiger partial charge in [0, 0.05) is 18.8 Å². The minimum atomic E-state index is -3.13. The van der Waals surface area contributed by atoms with Crippen molar-refractivity contribution in [2.45, 2.75) is 6.54 Å². The molecule has 5 rings (SSSR count). The van der Waals surface area contributed by atoms with Gasteiger partial charge < -0.3 is 19.1 Å². The smallest absolute Gasteiger partial charge is 0.337 e. The van der Waals surface area contributed by atoms with E-state index in [1.807, 2.05) is 42.5 Å². The zero-order chi connectivity index (χ0) is 26.0. The summed E-state index contributed by atoms with van der Waals surface area (Å²) in [7, 11) is -1.81. The van der Waals surface area contributed by atoms with Crippen LogP contribution in [0.4, 0.5) is 10.5 Å². The van der Waals surface area contributed by atoms with E-state index in [1.165, 1.54) is 7.11 Å². The van der Waals surface area contributed by atoms with E-state index in [0.717, 1.165) is 16.7 Å². The third-order valence-electron chi connectivity index (χ3n) is 6.45. The third kappa shape index (κ3) is 5.39.